The van der Waals surface area contributed by atoms with Crippen LogP contribution in [-0.2, 0) is 38.1 Å². The maximum absolute atomic E-state index is 11.2. The summed E-state index contributed by atoms with van der Waals surface area (Å²) in [6.07, 6.45) is 0.202. The molecule has 1 heterocycles. The summed E-state index contributed by atoms with van der Waals surface area (Å²) in [6, 6.07) is 0. The van der Waals surface area contributed by atoms with Crippen molar-refractivity contribution in [2.24, 2.45) is 0 Å². The first-order valence-electron chi connectivity index (χ1n) is 6.92. The first-order valence-corrected chi connectivity index (χ1v) is 6.92. The van der Waals surface area contributed by atoms with Gasteiger partial charge in [-0.15, -0.1) is 6.58 Å². The Bertz CT molecular complexity index is 496. The third-order valence-corrected chi connectivity index (χ3v) is 2.61. The highest BCUT2D eigenvalue weighted by molar-refractivity contribution is 5.68. The van der Waals surface area contributed by atoms with Crippen LogP contribution in [-0.4, -0.2) is 49.6 Å². The monoisotopic (exact) mass is 328 g/mol. The van der Waals surface area contributed by atoms with E-state index in [1.165, 1.54) is 32.9 Å². The molecule has 0 spiro atoms. The van der Waals surface area contributed by atoms with E-state index in [0.717, 1.165) is 0 Å². The highest BCUT2D eigenvalue weighted by Crippen LogP contribution is 2.24. The van der Waals surface area contributed by atoms with Gasteiger partial charge in [0, 0.05) is 26.8 Å². The second-order valence-corrected chi connectivity index (χ2v) is 4.67. The van der Waals surface area contributed by atoms with Crippen LogP contribution < -0.4 is 0 Å². The van der Waals surface area contributed by atoms with Crippen LogP contribution in [0.2, 0.25) is 0 Å². The van der Waals surface area contributed by atoms with Gasteiger partial charge >= 0.3 is 17.9 Å². The van der Waals surface area contributed by atoms with Crippen LogP contribution >= 0.6 is 0 Å². The maximum Gasteiger partial charge on any atom is 0.307 e. The summed E-state index contributed by atoms with van der Waals surface area (Å²) in [4.78, 5) is 33.4. The molecule has 0 aromatic heterocycles. The average molecular weight is 328 g/mol. The topological polar surface area (TPSA) is 97.4 Å². The number of esters is 3. The minimum atomic E-state index is -1.01. The van der Waals surface area contributed by atoms with Crippen LogP contribution in [0.1, 0.15) is 20.8 Å². The standard InChI is InChI=1S/C15H20O8/c1-5-6-19-15-13(22-11(4)18)7-12(21-10(3)17)14(23-15)8-20-9(2)16/h5,7,12,14-15H,1,6,8H2,2-4H3/t12-,14+,15-/m0/s1. The fourth-order valence-corrected chi connectivity index (χ4v) is 1.81. The average Bonchev–Trinajstić information content (AvgIpc) is 2.43. The lowest BCUT2D eigenvalue weighted by atomic mass is 10.1. The number of carbonyl (C=O) groups excluding carboxylic acids is 3. The second kappa shape index (κ2) is 9.06. The molecule has 1 rings (SSSR count). The van der Waals surface area contributed by atoms with Gasteiger partial charge in [0.1, 0.15) is 12.7 Å². The van der Waals surface area contributed by atoms with Crippen molar-refractivity contribution in [2.75, 3.05) is 13.2 Å². The lowest BCUT2D eigenvalue weighted by Crippen LogP contribution is -2.44. The predicted octanol–water partition coefficient (Wildman–Crippen LogP) is 0.856. The fraction of sp³-hybridized carbons (Fsp3) is 0.533. The smallest absolute Gasteiger partial charge is 0.307 e. The Balaban J connectivity index is 2.98. The molecule has 0 aliphatic carbocycles. The number of ether oxygens (including phenoxy) is 5. The van der Waals surface area contributed by atoms with Crippen molar-refractivity contribution < 1.29 is 38.1 Å². The fourth-order valence-electron chi connectivity index (χ4n) is 1.81. The number of rotatable bonds is 7. The molecule has 23 heavy (non-hydrogen) atoms. The van der Waals surface area contributed by atoms with Gasteiger partial charge in [0.2, 0.25) is 6.29 Å². The van der Waals surface area contributed by atoms with Crippen molar-refractivity contribution >= 4 is 17.9 Å². The zero-order valence-corrected chi connectivity index (χ0v) is 13.3. The van der Waals surface area contributed by atoms with E-state index >= 15 is 0 Å². The Labute approximate surface area is 134 Å². The molecule has 1 aliphatic heterocycles. The van der Waals surface area contributed by atoms with Gasteiger partial charge in [0.15, 0.2) is 11.9 Å². The van der Waals surface area contributed by atoms with Crippen LogP contribution in [0.4, 0.5) is 0 Å². The molecule has 0 saturated carbocycles. The summed E-state index contributed by atoms with van der Waals surface area (Å²) in [7, 11) is 0. The van der Waals surface area contributed by atoms with Crippen molar-refractivity contribution in [3.05, 3.63) is 24.5 Å². The van der Waals surface area contributed by atoms with Crippen molar-refractivity contribution in [3.8, 4) is 0 Å². The Morgan fingerprint density at radius 1 is 1.22 bits per heavy atom. The lowest BCUT2D eigenvalue weighted by Gasteiger charge is -2.33. The van der Waals surface area contributed by atoms with Gasteiger partial charge in [0.25, 0.3) is 0 Å². The SMILES string of the molecule is C=CCO[C@H]1O[C@H](COC(C)=O)[C@@H](OC(C)=O)C=C1OC(C)=O. The number of carbonyl (C=O) groups is 3. The molecular weight excluding hydrogens is 308 g/mol. The third-order valence-electron chi connectivity index (χ3n) is 2.61. The molecular formula is C15H20O8. The van der Waals surface area contributed by atoms with Gasteiger partial charge in [0.05, 0.1) is 6.61 Å². The van der Waals surface area contributed by atoms with Crippen molar-refractivity contribution in [2.45, 2.75) is 39.3 Å². The Hall–Kier alpha value is -2.19. The molecule has 0 amide bonds. The van der Waals surface area contributed by atoms with E-state index in [1.807, 2.05) is 0 Å². The number of hydrogen-bond acceptors (Lipinski definition) is 8. The summed E-state index contributed by atoms with van der Waals surface area (Å²) in [6.45, 7) is 7.20. The molecule has 3 atom stereocenters. The van der Waals surface area contributed by atoms with Crippen LogP contribution in [0.3, 0.4) is 0 Å². The van der Waals surface area contributed by atoms with E-state index in [-0.39, 0.29) is 19.0 Å². The molecule has 0 unspecified atom stereocenters. The quantitative estimate of drug-likeness (QED) is 0.385. The first kappa shape index (κ1) is 18.9. The van der Waals surface area contributed by atoms with E-state index in [2.05, 4.69) is 6.58 Å². The molecule has 128 valence electrons. The minimum absolute atomic E-state index is 0.0599. The molecule has 0 fully saturated rings. The maximum atomic E-state index is 11.2. The van der Waals surface area contributed by atoms with Gasteiger partial charge < -0.3 is 23.7 Å². The van der Waals surface area contributed by atoms with Gasteiger partial charge in [-0.2, -0.15) is 0 Å². The molecule has 0 bridgehead atoms. The zero-order chi connectivity index (χ0) is 17.4. The molecule has 8 nitrogen and oxygen atoms in total. The van der Waals surface area contributed by atoms with Crippen molar-refractivity contribution in [1.82, 2.24) is 0 Å². The van der Waals surface area contributed by atoms with Crippen LogP contribution in [0.5, 0.6) is 0 Å². The van der Waals surface area contributed by atoms with E-state index in [0.29, 0.717) is 0 Å². The summed E-state index contributed by atoms with van der Waals surface area (Å²) < 4.78 is 26.0. The molecule has 0 aromatic rings. The van der Waals surface area contributed by atoms with E-state index < -0.39 is 36.4 Å². The van der Waals surface area contributed by atoms with E-state index in [4.69, 9.17) is 23.7 Å². The normalized spacial score (nSPS) is 23.4. The van der Waals surface area contributed by atoms with Crippen molar-refractivity contribution in [3.63, 3.8) is 0 Å². The summed E-state index contributed by atoms with van der Waals surface area (Å²) in [5.74, 6) is -1.58. The Morgan fingerprint density at radius 2 is 1.91 bits per heavy atom. The number of hydrogen-bond donors (Lipinski definition) is 0. The molecule has 8 heteroatoms. The van der Waals surface area contributed by atoms with Crippen molar-refractivity contribution in [1.29, 1.82) is 0 Å². The summed E-state index contributed by atoms with van der Waals surface area (Å²) in [5.41, 5.74) is 0. The predicted molar refractivity (Wildman–Crippen MR) is 76.8 cm³/mol. The third kappa shape index (κ3) is 6.62. The highest BCUT2D eigenvalue weighted by Gasteiger charge is 2.37. The molecule has 0 aromatic carbocycles. The summed E-state index contributed by atoms with van der Waals surface area (Å²) >= 11 is 0. The Morgan fingerprint density at radius 3 is 2.43 bits per heavy atom. The van der Waals surface area contributed by atoms with Gasteiger partial charge in [-0.3, -0.25) is 14.4 Å². The van der Waals surface area contributed by atoms with Crippen LogP contribution in [0.15, 0.2) is 24.5 Å². The molecule has 0 radical (unpaired) electrons. The molecule has 0 N–H and O–H groups in total. The molecule has 1 aliphatic rings. The van der Waals surface area contributed by atoms with E-state index in [9.17, 15) is 14.4 Å². The highest BCUT2D eigenvalue weighted by atomic mass is 16.7. The Kier molecular flexibility index (Phi) is 7.43. The largest absolute Gasteiger partial charge is 0.463 e. The minimum Gasteiger partial charge on any atom is -0.463 e. The van der Waals surface area contributed by atoms with Gasteiger partial charge in [-0.1, -0.05) is 6.08 Å². The summed E-state index contributed by atoms with van der Waals surface area (Å²) in [5, 5.41) is 0. The van der Waals surface area contributed by atoms with Crippen LogP contribution in [0.25, 0.3) is 0 Å². The second-order valence-electron chi connectivity index (χ2n) is 4.67. The van der Waals surface area contributed by atoms with Gasteiger partial charge in [-0.25, -0.2) is 0 Å². The van der Waals surface area contributed by atoms with Gasteiger partial charge in [-0.05, 0) is 0 Å². The molecule has 0 saturated heterocycles. The first-order chi connectivity index (χ1) is 10.8. The zero-order valence-electron chi connectivity index (χ0n) is 13.3. The van der Waals surface area contributed by atoms with E-state index in [1.54, 1.807) is 0 Å². The van der Waals surface area contributed by atoms with Crippen LogP contribution in [0, 0.1) is 0 Å². The lowest BCUT2D eigenvalue weighted by molar-refractivity contribution is -0.211.